The summed E-state index contributed by atoms with van der Waals surface area (Å²) in [5.41, 5.74) is 0. The number of nitrogens with zero attached hydrogens (tertiary/aromatic N) is 4. The first-order valence-electron chi connectivity index (χ1n) is 6.70. The Morgan fingerprint density at radius 2 is 2.16 bits per heavy atom. The summed E-state index contributed by atoms with van der Waals surface area (Å²) >= 11 is 0. The molecule has 0 saturated heterocycles. The molecule has 0 aromatic carbocycles. The number of hydrogen-bond acceptors (Lipinski definition) is 7. The van der Waals surface area contributed by atoms with E-state index in [9.17, 15) is 5.11 Å². The highest BCUT2D eigenvalue weighted by Gasteiger charge is 2.27. The molecule has 1 aliphatic carbocycles. The first kappa shape index (κ1) is 13.8. The van der Waals surface area contributed by atoms with Crippen LogP contribution in [0.15, 0.2) is 0 Å². The van der Waals surface area contributed by atoms with Gasteiger partial charge in [-0.15, -0.1) is 0 Å². The Hall–Kier alpha value is -1.63. The van der Waals surface area contributed by atoms with E-state index in [1.54, 1.807) is 0 Å². The lowest BCUT2D eigenvalue weighted by Crippen LogP contribution is -2.43. The highest BCUT2D eigenvalue weighted by Crippen LogP contribution is 2.28. The van der Waals surface area contributed by atoms with Crippen molar-refractivity contribution in [2.24, 2.45) is 0 Å². The van der Waals surface area contributed by atoms with Gasteiger partial charge < -0.3 is 20.1 Å². The third-order valence-electron chi connectivity index (χ3n) is 3.23. The van der Waals surface area contributed by atoms with Crippen molar-refractivity contribution in [3.8, 4) is 6.01 Å². The highest BCUT2D eigenvalue weighted by atomic mass is 16.5. The Kier molecular flexibility index (Phi) is 4.73. The summed E-state index contributed by atoms with van der Waals surface area (Å²) in [6.45, 7) is 3.33. The largest absolute Gasteiger partial charge is 0.467 e. The molecule has 0 atom stereocenters. The zero-order chi connectivity index (χ0) is 13.7. The molecule has 2 N–H and O–H groups in total. The summed E-state index contributed by atoms with van der Waals surface area (Å²) < 4.78 is 5.11. The van der Waals surface area contributed by atoms with E-state index in [4.69, 9.17) is 4.74 Å². The van der Waals surface area contributed by atoms with Gasteiger partial charge in [0.25, 0.3) is 0 Å². The lowest BCUT2D eigenvalue weighted by molar-refractivity contribution is 0.281. The molecule has 1 heterocycles. The number of anilines is 2. The van der Waals surface area contributed by atoms with E-state index in [1.165, 1.54) is 13.5 Å². The lowest BCUT2D eigenvalue weighted by Gasteiger charge is -2.37. The van der Waals surface area contributed by atoms with Crippen molar-refractivity contribution in [3.63, 3.8) is 0 Å². The minimum Gasteiger partial charge on any atom is -0.467 e. The standard InChI is InChI=1S/C12H21N5O2/c1-3-13-10-14-11(16-12(15-10)19-2)17(7-8-18)9-5-4-6-9/h9,18H,3-8H2,1-2H3,(H,13,14,15,16). The number of rotatable bonds is 7. The Balaban J connectivity index is 2.25. The molecule has 2 rings (SSSR count). The van der Waals surface area contributed by atoms with E-state index in [0.29, 0.717) is 30.5 Å². The van der Waals surface area contributed by atoms with Crippen LogP contribution < -0.4 is 15.0 Å². The third kappa shape index (κ3) is 3.23. The topological polar surface area (TPSA) is 83.4 Å². The number of ether oxygens (including phenoxy) is 1. The van der Waals surface area contributed by atoms with Crippen LogP contribution >= 0.6 is 0 Å². The Bertz CT molecular complexity index is 411. The maximum Gasteiger partial charge on any atom is 0.322 e. The molecule has 0 aliphatic heterocycles. The number of aliphatic hydroxyl groups excluding tert-OH is 1. The van der Waals surface area contributed by atoms with Crippen molar-refractivity contribution in [1.29, 1.82) is 0 Å². The number of methoxy groups -OCH3 is 1. The van der Waals surface area contributed by atoms with E-state index in [0.717, 1.165) is 19.4 Å². The van der Waals surface area contributed by atoms with Crippen LogP contribution in [0.1, 0.15) is 26.2 Å². The van der Waals surface area contributed by atoms with Gasteiger partial charge in [-0.3, -0.25) is 0 Å². The Labute approximate surface area is 113 Å². The summed E-state index contributed by atoms with van der Waals surface area (Å²) in [6.07, 6.45) is 3.45. The summed E-state index contributed by atoms with van der Waals surface area (Å²) in [5.74, 6) is 1.08. The second-order valence-corrected chi connectivity index (χ2v) is 4.48. The van der Waals surface area contributed by atoms with Crippen LogP contribution in [0.4, 0.5) is 11.9 Å². The van der Waals surface area contributed by atoms with Gasteiger partial charge in [-0.2, -0.15) is 15.0 Å². The van der Waals surface area contributed by atoms with Crippen LogP contribution in [0.25, 0.3) is 0 Å². The normalized spacial score (nSPS) is 14.9. The van der Waals surface area contributed by atoms with Crippen molar-refractivity contribution in [2.45, 2.75) is 32.2 Å². The predicted octanol–water partition coefficient (Wildman–Crippen LogP) is 0.663. The first-order chi connectivity index (χ1) is 9.28. The summed E-state index contributed by atoms with van der Waals surface area (Å²) in [6, 6.07) is 0.706. The van der Waals surface area contributed by atoms with E-state index >= 15 is 0 Å². The van der Waals surface area contributed by atoms with E-state index in [1.807, 2.05) is 11.8 Å². The third-order valence-corrected chi connectivity index (χ3v) is 3.23. The number of hydrogen-bond donors (Lipinski definition) is 2. The molecule has 0 spiro atoms. The zero-order valence-corrected chi connectivity index (χ0v) is 11.5. The van der Waals surface area contributed by atoms with Gasteiger partial charge in [-0.1, -0.05) is 0 Å². The number of aliphatic hydroxyl groups is 1. The molecule has 0 unspecified atom stereocenters. The fourth-order valence-corrected chi connectivity index (χ4v) is 2.05. The highest BCUT2D eigenvalue weighted by molar-refractivity contribution is 5.40. The Morgan fingerprint density at radius 3 is 2.68 bits per heavy atom. The molecule has 1 saturated carbocycles. The Morgan fingerprint density at radius 1 is 1.37 bits per heavy atom. The van der Waals surface area contributed by atoms with Crippen molar-refractivity contribution in [3.05, 3.63) is 0 Å². The zero-order valence-electron chi connectivity index (χ0n) is 11.5. The van der Waals surface area contributed by atoms with Crippen molar-refractivity contribution >= 4 is 11.9 Å². The summed E-state index contributed by atoms with van der Waals surface area (Å²) in [5, 5.41) is 12.3. The molecular formula is C12H21N5O2. The maximum absolute atomic E-state index is 9.21. The van der Waals surface area contributed by atoms with Gasteiger partial charge in [0, 0.05) is 19.1 Å². The minimum atomic E-state index is 0.0844. The average molecular weight is 267 g/mol. The average Bonchev–Trinajstić information content (AvgIpc) is 2.36. The molecule has 1 aromatic heterocycles. The van der Waals surface area contributed by atoms with Crippen LogP contribution in [-0.4, -0.2) is 52.9 Å². The first-order valence-corrected chi connectivity index (χ1v) is 6.70. The number of nitrogens with one attached hydrogen (secondary N) is 1. The van der Waals surface area contributed by atoms with Crippen LogP contribution in [0.2, 0.25) is 0 Å². The van der Waals surface area contributed by atoms with Gasteiger partial charge in [-0.05, 0) is 26.2 Å². The lowest BCUT2D eigenvalue weighted by atomic mass is 9.92. The summed E-state index contributed by atoms with van der Waals surface area (Å²) in [7, 11) is 1.54. The van der Waals surface area contributed by atoms with Gasteiger partial charge in [-0.25, -0.2) is 0 Å². The smallest absolute Gasteiger partial charge is 0.322 e. The molecule has 7 heteroatoms. The van der Waals surface area contributed by atoms with Crippen LogP contribution in [-0.2, 0) is 0 Å². The molecule has 0 amide bonds. The molecule has 19 heavy (non-hydrogen) atoms. The van der Waals surface area contributed by atoms with Gasteiger partial charge in [0.1, 0.15) is 0 Å². The second kappa shape index (κ2) is 6.51. The van der Waals surface area contributed by atoms with Crippen LogP contribution in [0, 0.1) is 0 Å². The van der Waals surface area contributed by atoms with Crippen LogP contribution in [0.3, 0.4) is 0 Å². The molecule has 106 valence electrons. The maximum atomic E-state index is 9.21. The minimum absolute atomic E-state index is 0.0844. The summed E-state index contributed by atoms with van der Waals surface area (Å²) in [4.78, 5) is 14.9. The molecule has 7 nitrogen and oxygen atoms in total. The monoisotopic (exact) mass is 267 g/mol. The van der Waals surface area contributed by atoms with Crippen molar-refractivity contribution in [2.75, 3.05) is 37.0 Å². The molecular weight excluding hydrogens is 246 g/mol. The molecule has 1 aliphatic rings. The second-order valence-electron chi connectivity index (χ2n) is 4.48. The number of aromatic nitrogens is 3. The molecule has 0 bridgehead atoms. The fourth-order valence-electron chi connectivity index (χ4n) is 2.05. The molecule has 1 fully saturated rings. The van der Waals surface area contributed by atoms with Crippen molar-refractivity contribution < 1.29 is 9.84 Å². The predicted molar refractivity (Wildman–Crippen MR) is 72.6 cm³/mol. The quantitative estimate of drug-likeness (QED) is 0.751. The molecule has 0 radical (unpaired) electrons. The van der Waals surface area contributed by atoms with Gasteiger partial charge in [0.15, 0.2) is 0 Å². The van der Waals surface area contributed by atoms with Gasteiger partial charge in [0.2, 0.25) is 11.9 Å². The van der Waals surface area contributed by atoms with E-state index in [2.05, 4.69) is 20.3 Å². The SMILES string of the molecule is CCNc1nc(OC)nc(N(CCO)C2CCC2)n1. The van der Waals surface area contributed by atoms with E-state index < -0.39 is 0 Å². The van der Waals surface area contributed by atoms with Crippen molar-refractivity contribution in [1.82, 2.24) is 15.0 Å². The van der Waals surface area contributed by atoms with E-state index in [-0.39, 0.29) is 6.61 Å². The molecule has 1 aromatic rings. The fraction of sp³-hybridized carbons (Fsp3) is 0.750. The van der Waals surface area contributed by atoms with Gasteiger partial charge in [0.05, 0.1) is 13.7 Å². The van der Waals surface area contributed by atoms with Gasteiger partial charge >= 0.3 is 6.01 Å². The van der Waals surface area contributed by atoms with Crippen LogP contribution in [0.5, 0.6) is 6.01 Å².